The number of allylic oxidation sites excluding steroid dienone is 2. The van der Waals surface area contributed by atoms with Gasteiger partial charge in [0, 0.05) is 0 Å². The summed E-state index contributed by atoms with van der Waals surface area (Å²) in [6, 6.07) is 10.6. The molecule has 0 spiro atoms. The molecule has 410 valence electrons. The minimum Gasteiger partial charge on any atom is -0.348 e. The van der Waals surface area contributed by atoms with E-state index >= 15 is 0 Å². The summed E-state index contributed by atoms with van der Waals surface area (Å²) in [7, 11) is 0. The van der Waals surface area contributed by atoms with Crippen molar-refractivity contribution in [3.8, 4) is 0 Å². The molecular weight excluding hydrogens is 903 g/mol. The van der Waals surface area contributed by atoms with Crippen LogP contribution in [0.15, 0.2) is 35.4 Å². The van der Waals surface area contributed by atoms with Gasteiger partial charge in [0.15, 0.2) is 0 Å². The Hall–Kier alpha value is -2.17. The van der Waals surface area contributed by atoms with Crippen molar-refractivity contribution in [2.75, 3.05) is 0 Å². The second-order valence-electron chi connectivity index (χ2n) is 21.3. The molecule has 0 fully saturated rings. The number of rotatable bonds is 45. The number of unbranched alkanes of at least 4 members (excludes halogenated alkanes) is 22. The van der Waals surface area contributed by atoms with E-state index in [0.717, 1.165) is 56.9 Å². The van der Waals surface area contributed by atoms with Crippen molar-refractivity contribution in [1.29, 1.82) is 0 Å². The van der Waals surface area contributed by atoms with E-state index < -0.39 is 0 Å². The van der Waals surface area contributed by atoms with Gasteiger partial charge in [0.2, 0.25) is 0 Å². The molecule has 2 rings (SSSR count). The van der Waals surface area contributed by atoms with Crippen molar-refractivity contribution in [2.24, 2.45) is 0 Å². The molecule has 0 radical (unpaired) electrons. The Balaban J connectivity index is 0.00000144. The van der Waals surface area contributed by atoms with Crippen LogP contribution in [0.2, 0.25) is 10.8 Å². The minimum absolute atomic E-state index is 0.895. The molecule has 2 aromatic rings. The molecule has 0 N–H and O–H groups in total. The van der Waals surface area contributed by atoms with E-state index in [4.69, 9.17) is 0 Å². The van der Waals surface area contributed by atoms with Gasteiger partial charge in [-0.2, -0.15) is 0 Å². The Morgan fingerprint density at radius 2 is 0.676 bits per heavy atom. The van der Waals surface area contributed by atoms with E-state index in [1.54, 1.807) is 33.4 Å². The number of nitrogens with zero attached hydrogens (tertiary/aromatic N) is 2. The zero-order valence-electron chi connectivity index (χ0n) is 49.2. The topological polar surface area (TPSA) is 36.4 Å². The van der Waals surface area contributed by atoms with Crippen LogP contribution < -0.4 is 0 Å². The molecule has 0 saturated carbocycles. The largest absolute Gasteiger partial charge is 0.348 e. The third-order valence-corrected chi connectivity index (χ3v) is 16.2. The first-order chi connectivity index (χ1) is 34.9. The van der Waals surface area contributed by atoms with Crippen LogP contribution >= 0.6 is 0 Å². The number of aryl methyl sites for hydroxylation is 4. The fourth-order valence-electron chi connectivity index (χ4n) is 10.3. The van der Waals surface area contributed by atoms with Gasteiger partial charge in [-0.3, -0.25) is 0 Å². The summed E-state index contributed by atoms with van der Waals surface area (Å²) in [6.45, 7) is 23.2. The van der Waals surface area contributed by atoms with Crippen LogP contribution in [0.25, 0.3) is 11.1 Å². The van der Waals surface area contributed by atoms with E-state index in [9.17, 15) is 5.53 Å². The van der Waals surface area contributed by atoms with Gasteiger partial charge in [-0.05, 0) is 158 Å². The van der Waals surface area contributed by atoms with Gasteiger partial charge >= 0.3 is 109 Å². The first-order valence-corrected chi connectivity index (χ1v) is 32.7. The SMILES string of the molecule is CCCCCC[CH2][Ni][CH2]CCCCCC.CCCCCCc1cc(C(=C(CCCC)C(=C=[N+]=[N-])CCCC)c2cc(CCCC)c(CCCC)c(CCCC)c2)cc(CCCCCC)c1CCCCCC. The summed E-state index contributed by atoms with van der Waals surface area (Å²) in [5.74, 6) is 3.20. The number of hydrogen-bond acceptors (Lipinski definition) is 0. The molecule has 0 heterocycles. The quantitative estimate of drug-likeness (QED) is 0.0158. The average Bonchev–Trinajstić information content (AvgIpc) is 3.38. The third-order valence-electron chi connectivity index (χ3n) is 14.8. The second-order valence-corrected chi connectivity index (χ2v) is 22.8. The average molecular weight is 1020 g/mol. The summed E-state index contributed by atoms with van der Waals surface area (Å²) in [6.07, 6.45) is 50.6. The predicted octanol–water partition coefficient (Wildman–Crippen LogP) is 22.9. The Labute approximate surface area is 450 Å². The zero-order chi connectivity index (χ0) is 52.0. The van der Waals surface area contributed by atoms with Crippen LogP contribution in [-0.4, -0.2) is 10.7 Å². The molecule has 0 bridgehead atoms. The van der Waals surface area contributed by atoms with E-state index in [-0.39, 0.29) is 0 Å². The van der Waals surface area contributed by atoms with E-state index in [1.165, 1.54) is 239 Å². The predicted molar refractivity (Wildman–Crippen MR) is 317 cm³/mol. The van der Waals surface area contributed by atoms with Crippen molar-refractivity contribution in [3.63, 3.8) is 0 Å². The first-order valence-electron chi connectivity index (χ1n) is 31.3. The maximum absolute atomic E-state index is 10.1. The molecule has 0 unspecified atom stereocenters. The van der Waals surface area contributed by atoms with Gasteiger partial charge in [-0.15, -0.1) is 4.79 Å². The van der Waals surface area contributed by atoms with Crippen LogP contribution in [0.4, 0.5) is 0 Å². The number of benzene rings is 2. The van der Waals surface area contributed by atoms with Crippen LogP contribution in [-0.2, 0) is 53.0 Å². The minimum atomic E-state index is 0.895. The first kappa shape index (κ1) is 66.8. The molecule has 0 aliphatic rings. The molecule has 0 atom stereocenters. The Morgan fingerprint density at radius 1 is 0.366 bits per heavy atom. The fourth-order valence-corrected chi connectivity index (χ4v) is 11.5. The molecule has 0 amide bonds. The summed E-state index contributed by atoms with van der Waals surface area (Å²) < 4.78 is 0. The van der Waals surface area contributed by atoms with Crippen molar-refractivity contribution in [1.82, 2.24) is 0 Å². The molecule has 2 aromatic carbocycles. The molecule has 2 nitrogen and oxygen atoms in total. The zero-order valence-corrected chi connectivity index (χ0v) is 50.2. The van der Waals surface area contributed by atoms with Gasteiger partial charge in [0.1, 0.15) is 0 Å². The van der Waals surface area contributed by atoms with Gasteiger partial charge in [-0.25, -0.2) is 0 Å². The maximum atomic E-state index is 10.1. The third kappa shape index (κ3) is 30.1. The van der Waals surface area contributed by atoms with Crippen LogP contribution in [0.5, 0.6) is 0 Å². The van der Waals surface area contributed by atoms with E-state index in [0.29, 0.717) is 0 Å². The molecule has 0 aromatic heterocycles. The standard InChI is InChI=1S/C54H88N2.2C7H15.Ni/c1-9-17-25-28-34-46-41-50(42-47(35-29-26-18-10-2)52(46)38-30-27-19-11-3)54(53(37-24-16-8)48(43-56-55)33-22-14-6)49-39-44(31-20-12-4)51(36-23-15-7)45(40-49)32-21-13-5;2*1-3-5-7-6-4-2;/h39-42H,9-38H2,1-8H3;2*1,3-7H2,2H3;. The van der Waals surface area contributed by atoms with Crippen LogP contribution in [0.1, 0.15) is 332 Å². The second kappa shape index (κ2) is 47.5. The maximum Gasteiger partial charge on any atom is 0.303 e. The van der Waals surface area contributed by atoms with Crippen molar-refractivity contribution >= 4 is 11.4 Å². The van der Waals surface area contributed by atoms with Crippen molar-refractivity contribution < 1.29 is 19.2 Å². The Bertz CT molecular complexity index is 1630. The summed E-state index contributed by atoms with van der Waals surface area (Å²) in [4.78, 5) is 3.64. The van der Waals surface area contributed by atoms with E-state index in [2.05, 4.69) is 104 Å². The van der Waals surface area contributed by atoms with Crippen molar-refractivity contribution in [2.45, 2.75) is 337 Å². The molecule has 0 saturated heterocycles. The van der Waals surface area contributed by atoms with Gasteiger partial charge in [0.25, 0.3) is 0 Å². The molecule has 3 heteroatoms. The molecular formula is C68H118N2Ni. The van der Waals surface area contributed by atoms with Crippen LogP contribution in [0.3, 0.4) is 0 Å². The molecule has 71 heavy (non-hydrogen) atoms. The van der Waals surface area contributed by atoms with E-state index in [1.807, 2.05) is 14.4 Å². The van der Waals surface area contributed by atoms with Crippen molar-refractivity contribution in [3.05, 3.63) is 85.5 Å². The summed E-state index contributed by atoms with van der Waals surface area (Å²) >= 11 is 2.00. The summed E-state index contributed by atoms with van der Waals surface area (Å²) in [5, 5.41) is 2.84. The monoisotopic (exact) mass is 1020 g/mol. The normalized spacial score (nSPS) is 11.6. The summed E-state index contributed by atoms with van der Waals surface area (Å²) in [5.41, 5.74) is 26.5. The van der Waals surface area contributed by atoms with Gasteiger partial charge in [-0.1, -0.05) is 170 Å². The smallest absolute Gasteiger partial charge is 0.303 e. The Kier molecular flexibility index (Phi) is 44.8. The number of hydrogen-bond donors (Lipinski definition) is 0. The fraction of sp³-hybridized carbons (Fsp3) is 0.765. The Morgan fingerprint density at radius 3 is 1.06 bits per heavy atom. The van der Waals surface area contributed by atoms with Crippen LogP contribution in [0, 0.1) is 0 Å². The molecule has 0 aliphatic carbocycles. The molecule has 0 aliphatic heterocycles. The van der Waals surface area contributed by atoms with Gasteiger partial charge < -0.3 is 5.53 Å². The van der Waals surface area contributed by atoms with Gasteiger partial charge in [0.05, 0.1) is 5.57 Å².